The molecule has 0 aliphatic carbocycles. The molecule has 0 spiro atoms. The van der Waals surface area contributed by atoms with Crippen LogP contribution in [0.1, 0.15) is 47.8 Å². The third-order valence-corrected chi connectivity index (χ3v) is 8.14. The van der Waals surface area contributed by atoms with Crippen molar-refractivity contribution in [3.05, 3.63) is 87.2 Å². The van der Waals surface area contributed by atoms with E-state index in [-0.39, 0.29) is 43.8 Å². The fourth-order valence-electron chi connectivity index (χ4n) is 6.32. The largest absolute Gasteiger partial charge is 0.737 e. The number of amides is 2. The summed E-state index contributed by atoms with van der Waals surface area (Å²) in [5.74, 6) is -0.288. The Morgan fingerprint density at radius 3 is 2.87 bits per heavy atom. The van der Waals surface area contributed by atoms with Crippen LogP contribution in [0.25, 0.3) is 16.5 Å². The molecule has 1 fully saturated rings. The number of rotatable bonds is 7. The van der Waals surface area contributed by atoms with Gasteiger partial charge in [0, 0.05) is 61.3 Å². The van der Waals surface area contributed by atoms with Gasteiger partial charge in [0.2, 0.25) is 11.8 Å². The number of halogens is 2. The van der Waals surface area contributed by atoms with Gasteiger partial charge in [-0.05, 0) is 53.7 Å². The van der Waals surface area contributed by atoms with Crippen LogP contribution in [-0.2, 0) is 22.4 Å². The van der Waals surface area contributed by atoms with E-state index in [0.717, 1.165) is 20.9 Å². The van der Waals surface area contributed by atoms with Gasteiger partial charge in [-0.15, -0.1) is 0 Å². The molecule has 6 rings (SSSR count). The van der Waals surface area contributed by atoms with Crippen LogP contribution in [0, 0.1) is 0 Å². The first-order chi connectivity index (χ1) is 18.9. The number of fused-ring (bicyclic) bond motifs is 5. The quantitative estimate of drug-likeness (QED) is 0.177. The van der Waals surface area contributed by atoms with Gasteiger partial charge in [0.1, 0.15) is 5.71 Å². The molecule has 2 aromatic rings. The maximum absolute atomic E-state index is 16.0. The van der Waals surface area contributed by atoms with Crippen LogP contribution < -0.4 is 0 Å². The van der Waals surface area contributed by atoms with Gasteiger partial charge in [0.25, 0.3) is 0 Å². The lowest BCUT2D eigenvalue weighted by atomic mass is 9.89. The van der Waals surface area contributed by atoms with E-state index in [9.17, 15) is 9.59 Å². The number of carbonyl (C=O) groups is 2. The van der Waals surface area contributed by atoms with Crippen molar-refractivity contribution in [2.24, 2.45) is 5.11 Å². The molecule has 9 nitrogen and oxygen atoms in total. The Kier molecular flexibility index (Phi) is 6.35. The van der Waals surface area contributed by atoms with Gasteiger partial charge in [0.15, 0.2) is 5.70 Å². The van der Waals surface area contributed by atoms with Crippen LogP contribution in [0.2, 0.25) is 0 Å². The van der Waals surface area contributed by atoms with Crippen molar-refractivity contribution in [1.82, 2.24) is 14.3 Å². The first-order valence-electron chi connectivity index (χ1n) is 13.3. The highest BCUT2D eigenvalue weighted by atomic mass is 19.2. The van der Waals surface area contributed by atoms with E-state index in [1.165, 1.54) is 5.56 Å². The molecule has 1 unspecified atom stereocenters. The zero-order valence-corrected chi connectivity index (χ0v) is 21.4. The average molecular weight is 531 g/mol. The minimum Gasteiger partial charge on any atom is -0.394 e. The maximum Gasteiger partial charge on any atom is 0.737 e. The van der Waals surface area contributed by atoms with Crippen LogP contribution in [-0.4, -0.2) is 69.4 Å². The van der Waals surface area contributed by atoms with Crippen molar-refractivity contribution in [3.8, 4) is 0 Å². The summed E-state index contributed by atoms with van der Waals surface area (Å²) in [6.45, 7) is -2.86. The maximum atomic E-state index is 16.0. The Labute approximate surface area is 224 Å². The van der Waals surface area contributed by atoms with Gasteiger partial charge >= 0.3 is 6.97 Å². The molecule has 4 aliphatic rings. The molecule has 1 aromatic carbocycles. The molecule has 1 atom stereocenters. The molecule has 4 aliphatic heterocycles. The first-order valence-corrected chi connectivity index (χ1v) is 13.3. The zero-order chi connectivity index (χ0) is 27.1. The molecule has 5 heterocycles. The van der Waals surface area contributed by atoms with Crippen LogP contribution in [0.4, 0.5) is 8.63 Å². The SMILES string of the molecule is [N-]=[N+]=NCCCc1ccc2n1[B-](F)(F)[N+]1=C(CCC(=O)N3CC(=O)N4CCc5ccccc5C4C3)C=CC1=C2. The number of carbonyl (C=O) groups excluding carboxylic acids is 2. The monoisotopic (exact) mass is 531 g/mol. The number of allylic oxidation sites excluding steroid dienone is 2. The van der Waals surface area contributed by atoms with Gasteiger partial charge < -0.3 is 27.4 Å². The molecule has 0 saturated carbocycles. The normalized spacial score (nSPS) is 20.6. The summed E-state index contributed by atoms with van der Waals surface area (Å²) in [6.07, 6.45) is 6.85. The van der Waals surface area contributed by atoms with Gasteiger partial charge in [-0.25, -0.2) is 0 Å². The smallest absolute Gasteiger partial charge is 0.394 e. The van der Waals surface area contributed by atoms with Crippen molar-refractivity contribution >= 4 is 30.6 Å². The molecule has 200 valence electrons. The average Bonchev–Trinajstić information content (AvgIpc) is 3.55. The van der Waals surface area contributed by atoms with Crippen molar-refractivity contribution in [2.75, 3.05) is 26.2 Å². The second kappa shape index (κ2) is 9.85. The van der Waals surface area contributed by atoms with Gasteiger partial charge in [-0.1, -0.05) is 29.4 Å². The lowest BCUT2D eigenvalue weighted by Crippen LogP contribution is -2.55. The second-order valence-electron chi connectivity index (χ2n) is 10.4. The number of hydrogen-bond donors (Lipinski definition) is 0. The Morgan fingerprint density at radius 1 is 1.18 bits per heavy atom. The molecule has 0 N–H and O–H groups in total. The number of benzene rings is 1. The van der Waals surface area contributed by atoms with Crippen LogP contribution in [0.3, 0.4) is 0 Å². The Hall–Kier alpha value is -4.18. The van der Waals surface area contributed by atoms with E-state index in [0.29, 0.717) is 48.7 Å². The summed E-state index contributed by atoms with van der Waals surface area (Å²) in [5.41, 5.74) is 12.4. The van der Waals surface area contributed by atoms with Crippen molar-refractivity contribution in [3.63, 3.8) is 0 Å². The summed E-state index contributed by atoms with van der Waals surface area (Å²) in [5, 5.41) is 3.50. The van der Waals surface area contributed by atoms with Crippen LogP contribution in [0.15, 0.2) is 59.4 Å². The highest BCUT2D eigenvalue weighted by Crippen LogP contribution is 2.35. The standard InChI is InChI=1S/C27H28BF2N7O2/c29-28(30)36-20(5-3-14-32-33-31)7-9-22(36)16-23-10-8-21(37(23)28)11-12-26(38)34-17-25-24-6-2-1-4-19(24)13-15-35(25)27(39)18-34/h1-2,4,6-10,16,25H,3,5,11-15,17-18H2. The van der Waals surface area contributed by atoms with E-state index in [2.05, 4.69) is 16.1 Å². The summed E-state index contributed by atoms with van der Waals surface area (Å²) < 4.78 is 34.0. The molecule has 1 aromatic heterocycles. The van der Waals surface area contributed by atoms with E-state index >= 15 is 8.63 Å². The van der Waals surface area contributed by atoms with E-state index in [4.69, 9.17) is 5.53 Å². The van der Waals surface area contributed by atoms with Gasteiger partial charge in [0.05, 0.1) is 12.6 Å². The summed E-state index contributed by atoms with van der Waals surface area (Å²) in [4.78, 5) is 32.3. The first kappa shape index (κ1) is 25.1. The topological polar surface area (TPSA) is 97.3 Å². The van der Waals surface area contributed by atoms with Gasteiger partial charge in [-0.2, -0.15) is 0 Å². The molecule has 0 radical (unpaired) electrons. The third-order valence-electron chi connectivity index (χ3n) is 8.14. The van der Waals surface area contributed by atoms with Crippen LogP contribution >= 0.6 is 0 Å². The predicted molar refractivity (Wildman–Crippen MR) is 143 cm³/mol. The molecular formula is C27H28BF2N7O2. The van der Waals surface area contributed by atoms with Crippen LogP contribution in [0.5, 0.6) is 0 Å². The molecule has 0 bridgehead atoms. The van der Waals surface area contributed by atoms with E-state index in [1.54, 1.807) is 35.3 Å². The predicted octanol–water partition coefficient (Wildman–Crippen LogP) is 4.08. The summed E-state index contributed by atoms with van der Waals surface area (Å²) in [7, 11) is 0. The minimum absolute atomic E-state index is 0.0174. The van der Waals surface area contributed by atoms with Crippen molar-refractivity contribution in [1.29, 1.82) is 0 Å². The molecule has 39 heavy (non-hydrogen) atoms. The number of nitrogens with zero attached hydrogens (tertiary/aromatic N) is 7. The molecule has 2 amide bonds. The Balaban J connectivity index is 1.19. The van der Waals surface area contributed by atoms with E-state index < -0.39 is 6.97 Å². The third kappa shape index (κ3) is 4.34. The second-order valence-corrected chi connectivity index (χ2v) is 10.4. The van der Waals surface area contributed by atoms with E-state index in [1.807, 2.05) is 23.1 Å². The highest BCUT2D eigenvalue weighted by Gasteiger charge is 2.52. The lowest BCUT2D eigenvalue weighted by molar-refractivity contribution is -0.362. The fraction of sp³-hybridized carbons (Fsp3) is 0.370. The highest BCUT2D eigenvalue weighted by molar-refractivity contribution is 6.58. The number of hydrogen-bond acceptors (Lipinski definition) is 3. The van der Waals surface area contributed by atoms with Crippen molar-refractivity contribution < 1.29 is 22.7 Å². The minimum atomic E-state index is -4.17. The fourth-order valence-corrected chi connectivity index (χ4v) is 6.32. The molecular weight excluding hydrogens is 503 g/mol. The number of piperazine rings is 1. The van der Waals surface area contributed by atoms with Crippen molar-refractivity contribution in [2.45, 2.75) is 38.1 Å². The Morgan fingerprint density at radius 2 is 2.03 bits per heavy atom. The molecule has 1 saturated heterocycles. The lowest BCUT2D eigenvalue weighted by Gasteiger charge is -2.44. The number of azide groups is 1. The number of aryl methyl sites for hydroxylation is 1. The zero-order valence-electron chi connectivity index (χ0n) is 21.4. The Bertz CT molecular complexity index is 1500. The summed E-state index contributed by atoms with van der Waals surface area (Å²) >= 11 is 0. The van der Waals surface area contributed by atoms with Gasteiger partial charge in [-0.3, -0.25) is 9.59 Å². The number of aromatic nitrogens is 1. The molecule has 12 heteroatoms. The summed E-state index contributed by atoms with van der Waals surface area (Å²) in [6, 6.07) is 11.2.